The van der Waals surface area contributed by atoms with Gasteiger partial charge in [0.2, 0.25) is 0 Å². The highest BCUT2D eigenvalue weighted by atomic mass is 79.9. The van der Waals surface area contributed by atoms with Crippen LogP contribution in [0.25, 0.3) is 0 Å². The molecule has 0 spiro atoms. The van der Waals surface area contributed by atoms with Crippen LogP contribution >= 0.6 is 27.3 Å². The lowest BCUT2D eigenvalue weighted by atomic mass is 10.2. The first-order valence-corrected chi connectivity index (χ1v) is 6.13. The number of rotatable bonds is 3. The molecule has 0 saturated heterocycles. The van der Waals surface area contributed by atoms with Crippen molar-refractivity contribution in [3.8, 4) is 0 Å². The maximum atomic E-state index is 3.54. The molecule has 1 aromatic heterocycles. The number of hydrogen-bond acceptors (Lipinski definition) is 2. The highest BCUT2D eigenvalue weighted by Gasteiger charge is 2.10. The van der Waals surface area contributed by atoms with E-state index in [9.17, 15) is 0 Å². The van der Waals surface area contributed by atoms with Gasteiger partial charge in [0.15, 0.2) is 0 Å². The summed E-state index contributed by atoms with van der Waals surface area (Å²) in [6, 6.07) is 3.24. The number of aryl methyl sites for hydroxylation is 1. The highest BCUT2D eigenvalue weighted by Crippen LogP contribution is 2.31. The van der Waals surface area contributed by atoms with Crippen molar-refractivity contribution >= 4 is 27.3 Å². The minimum atomic E-state index is 0.454. The minimum absolute atomic E-state index is 0.454. The Morgan fingerprint density at radius 1 is 1.38 bits per heavy atom. The van der Waals surface area contributed by atoms with E-state index in [4.69, 9.17) is 0 Å². The van der Waals surface area contributed by atoms with Gasteiger partial charge < -0.3 is 5.32 Å². The van der Waals surface area contributed by atoms with Crippen molar-refractivity contribution in [1.29, 1.82) is 0 Å². The molecule has 1 atom stereocenters. The molecule has 0 aliphatic heterocycles. The molecule has 0 amide bonds. The Morgan fingerprint density at radius 2 is 2.00 bits per heavy atom. The first kappa shape index (κ1) is 11.2. The first-order chi connectivity index (χ1) is 6.00. The lowest BCUT2D eigenvalue weighted by Gasteiger charge is -2.14. The van der Waals surface area contributed by atoms with Crippen molar-refractivity contribution in [2.24, 2.45) is 0 Å². The number of hydrogen-bond donors (Lipinski definition) is 1. The van der Waals surface area contributed by atoms with Crippen molar-refractivity contribution in [1.82, 2.24) is 5.32 Å². The molecule has 0 bridgehead atoms. The van der Waals surface area contributed by atoms with Crippen LogP contribution in [0.15, 0.2) is 9.85 Å². The van der Waals surface area contributed by atoms with Gasteiger partial charge in [-0.15, -0.1) is 11.3 Å². The molecular formula is C10H16BrNS. The Hall–Kier alpha value is 0.140. The third-order valence-corrected chi connectivity index (χ3v) is 4.21. The van der Waals surface area contributed by atoms with Crippen molar-refractivity contribution in [2.45, 2.75) is 39.8 Å². The van der Waals surface area contributed by atoms with E-state index in [0.717, 1.165) is 0 Å². The van der Waals surface area contributed by atoms with Crippen LogP contribution in [-0.4, -0.2) is 6.04 Å². The molecule has 0 fully saturated rings. The van der Waals surface area contributed by atoms with Gasteiger partial charge in [0, 0.05) is 17.0 Å². The molecule has 1 heterocycles. The molecule has 13 heavy (non-hydrogen) atoms. The van der Waals surface area contributed by atoms with Crippen LogP contribution in [0.4, 0.5) is 0 Å². The van der Waals surface area contributed by atoms with Gasteiger partial charge in [-0.3, -0.25) is 0 Å². The number of thiophene rings is 1. The monoisotopic (exact) mass is 261 g/mol. The predicted molar refractivity (Wildman–Crippen MR) is 63.4 cm³/mol. The molecule has 0 aliphatic carbocycles. The zero-order valence-corrected chi connectivity index (χ0v) is 10.9. The van der Waals surface area contributed by atoms with Gasteiger partial charge in [0.05, 0.1) is 3.79 Å². The Labute approximate surface area is 92.7 Å². The summed E-state index contributed by atoms with van der Waals surface area (Å²) in [7, 11) is 0. The average Bonchev–Trinajstić information content (AvgIpc) is 2.31. The average molecular weight is 262 g/mol. The Morgan fingerprint density at radius 3 is 2.38 bits per heavy atom. The highest BCUT2D eigenvalue weighted by molar-refractivity contribution is 9.11. The fourth-order valence-corrected chi connectivity index (χ4v) is 2.86. The van der Waals surface area contributed by atoms with E-state index in [1.54, 1.807) is 0 Å². The second-order valence-corrected chi connectivity index (χ2v) is 6.05. The van der Waals surface area contributed by atoms with Gasteiger partial charge in [-0.1, -0.05) is 13.8 Å². The fourth-order valence-electron chi connectivity index (χ4n) is 1.28. The number of halogens is 1. The van der Waals surface area contributed by atoms with Crippen molar-refractivity contribution in [2.75, 3.05) is 0 Å². The van der Waals surface area contributed by atoms with Crippen molar-refractivity contribution in [3.05, 3.63) is 20.3 Å². The molecule has 1 nitrogen and oxygen atoms in total. The van der Waals surface area contributed by atoms with Gasteiger partial charge in [-0.05, 0) is 41.4 Å². The molecule has 0 radical (unpaired) electrons. The Bertz CT molecular complexity index is 261. The molecule has 1 N–H and O–H groups in total. The topological polar surface area (TPSA) is 12.0 Å². The predicted octanol–water partition coefficient (Wildman–Crippen LogP) is 3.88. The van der Waals surface area contributed by atoms with Crippen LogP contribution in [0.5, 0.6) is 0 Å². The fraction of sp³-hybridized carbons (Fsp3) is 0.600. The summed E-state index contributed by atoms with van der Waals surface area (Å²) >= 11 is 5.36. The Kier molecular flexibility index (Phi) is 3.95. The summed E-state index contributed by atoms with van der Waals surface area (Å²) in [6.07, 6.45) is 0. The molecule has 0 aliphatic rings. The second-order valence-electron chi connectivity index (χ2n) is 3.65. The van der Waals surface area contributed by atoms with E-state index in [2.05, 4.69) is 55.0 Å². The lowest BCUT2D eigenvalue weighted by Crippen LogP contribution is -2.25. The zero-order valence-electron chi connectivity index (χ0n) is 8.52. The normalized spacial score (nSPS) is 13.7. The van der Waals surface area contributed by atoms with E-state index in [1.807, 2.05) is 11.3 Å². The van der Waals surface area contributed by atoms with Gasteiger partial charge in [0.25, 0.3) is 0 Å². The SMILES string of the molecule is Cc1cc(C(C)NC(C)C)sc1Br. The molecule has 0 aromatic carbocycles. The maximum Gasteiger partial charge on any atom is 0.0731 e. The van der Waals surface area contributed by atoms with Gasteiger partial charge in [0.1, 0.15) is 0 Å². The van der Waals surface area contributed by atoms with Gasteiger partial charge >= 0.3 is 0 Å². The van der Waals surface area contributed by atoms with Crippen LogP contribution in [0.3, 0.4) is 0 Å². The lowest BCUT2D eigenvalue weighted by molar-refractivity contribution is 0.512. The summed E-state index contributed by atoms with van der Waals surface area (Å²) in [5, 5.41) is 3.49. The largest absolute Gasteiger partial charge is 0.307 e. The summed E-state index contributed by atoms with van der Waals surface area (Å²) in [5.74, 6) is 0. The van der Waals surface area contributed by atoms with E-state index in [0.29, 0.717) is 12.1 Å². The van der Waals surface area contributed by atoms with Crippen LogP contribution in [-0.2, 0) is 0 Å². The van der Waals surface area contributed by atoms with Gasteiger partial charge in [-0.25, -0.2) is 0 Å². The summed E-state index contributed by atoms with van der Waals surface area (Å²) < 4.78 is 1.25. The summed E-state index contributed by atoms with van der Waals surface area (Å²) in [6.45, 7) is 8.68. The quantitative estimate of drug-likeness (QED) is 0.871. The molecule has 1 rings (SSSR count). The molecule has 0 saturated carbocycles. The van der Waals surface area contributed by atoms with Gasteiger partial charge in [-0.2, -0.15) is 0 Å². The van der Waals surface area contributed by atoms with Crippen LogP contribution in [0.1, 0.15) is 37.3 Å². The van der Waals surface area contributed by atoms with Crippen molar-refractivity contribution < 1.29 is 0 Å². The first-order valence-electron chi connectivity index (χ1n) is 4.52. The molecular weight excluding hydrogens is 246 g/mol. The standard InChI is InChI=1S/C10H16BrNS/c1-6(2)12-8(4)9-5-7(3)10(11)13-9/h5-6,8,12H,1-4H3. The molecule has 74 valence electrons. The number of nitrogens with one attached hydrogen (secondary N) is 1. The summed E-state index contributed by atoms with van der Waals surface area (Å²) in [4.78, 5) is 1.40. The van der Waals surface area contributed by atoms with Crippen molar-refractivity contribution in [3.63, 3.8) is 0 Å². The van der Waals surface area contributed by atoms with E-state index < -0.39 is 0 Å². The van der Waals surface area contributed by atoms with Crippen LogP contribution in [0, 0.1) is 6.92 Å². The summed E-state index contributed by atoms with van der Waals surface area (Å²) in [5.41, 5.74) is 1.33. The third-order valence-electron chi connectivity index (χ3n) is 1.89. The van der Waals surface area contributed by atoms with E-state index >= 15 is 0 Å². The van der Waals surface area contributed by atoms with E-state index in [-0.39, 0.29) is 0 Å². The van der Waals surface area contributed by atoms with Crippen LogP contribution in [0.2, 0.25) is 0 Å². The molecule has 3 heteroatoms. The smallest absolute Gasteiger partial charge is 0.0731 e. The molecule has 1 unspecified atom stereocenters. The molecule has 1 aromatic rings. The van der Waals surface area contributed by atoms with E-state index in [1.165, 1.54) is 14.2 Å². The maximum absolute atomic E-state index is 3.54. The second kappa shape index (κ2) is 4.58. The minimum Gasteiger partial charge on any atom is -0.307 e. The third kappa shape index (κ3) is 3.08. The Balaban J connectivity index is 2.71. The zero-order chi connectivity index (χ0) is 10.0. The van der Waals surface area contributed by atoms with Crippen LogP contribution < -0.4 is 5.32 Å².